The number of nitrogens with zero attached hydrogens (tertiary/aromatic N) is 1. The lowest BCUT2D eigenvalue weighted by Crippen LogP contribution is -2.49. The Kier molecular flexibility index (Phi) is 5.90. The minimum atomic E-state index is -3.62. The lowest BCUT2D eigenvalue weighted by molar-refractivity contribution is -0.142. The zero-order chi connectivity index (χ0) is 14.6. The molecule has 2 unspecified atom stereocenters. The summed E-state index contributed by atoms with van der Waals surface area (Å²) in [7, 11) is -4.69. The van der Waals surface area contributed by atoms with Crippen molar-refractivity contribution >= 4 is 27.0 Å². The van der Waals surface area contributed by atoms with Crippen LogP contribution in [0.5, 0.6) is 0 Å². The monoisotopic (exact) mass is 312 g/mol. The van der Waals surface area contributed by atoms with Crippen LogP contribution in [0.4, 0.5) is 0 Å². The third kappa shape index (κ3) is 5.17. The maximum Gasteiger partial charge on any atom is 0.306 e. The van der Waals surface area contributed by atoms with Gasteiger partial charge in [-0.2, -0.15) is 17.4 Å². The molecule has 1 saturated heterocycles. The number of hydrogen-bond acceptors (Lipinski definition) is 4. The molecule has 0 aromatic heterocycles. The van der Waals surface area contributed by atoms with Gasteiger partial charge in [-0.25, -0.2) is 0 Å². The zero-order valence-corrected chi connectivity index (χ0v) is 12.7. The van der Waals surface area contributed by atoms with Crippen LogP contribution in [0.15, 0.2) is 0 Å². The summed E-state index contributed by atoms with van der Waals surface area (Å²) >= 11 is 0. The van der Waals surface area contributed by atoms with E-state index in [0.717, 1.165) is 0 Å². The van der Waals surface area contributed by atoms with Crippen LogP contribution in [-0.2, 0) is 25.8 Å². The van der Waals surface area contributed by atoms with Crippen molar-refractivity contribution in [3.63, 3.8) is 0 Å². The minimum Gasteiger partial charge on any atom is -0.481 e. The first-order chi connectivity index (χ1) is 8.72. The summed E-state index contributed by atoms with van der Waals surface area (Å²) in [5.41, 5.74) is 0. The molecule has 0 amide bonds. The number of nitrogens with one attached hydrogen (secondary N) is 1. The van der Waals surface area contributed by atoms with Crippen molar-refractivity contribution < 1.29 is 22.5 Å². The molecule has 0 aromatic rings. The van der Waals surface area contributed by atoms with Gasteiger partial charge in [0, 0.05) is 41.9 Å². The van der Waals surface area contributed by atoms with E-state index in [2.05, 4.69) is 4.72 Å². The average molecular weight is 312 g/mol. The Labute approximate surface area is 116 Å². The van der Waals surface area contributed by atoms with E-state index in [0.29, 0.717) is 12.8 Å². The van der Waals surface area contributed by atoms with Crippen molar-refractivity contribution in [3.05, 3.63) is 0 Å². The Bertz CT molecular complexity index is 443. The van der Waals surface area contributed by atoms with E-state index in [1.807, 2.05) is 0 Å². The first-order valence-electron chi connectivity index (χ1n) is 6.02. The summed E-state index contributed by atoms with van der Waals surface area (Å²) in [6.07, 6.45) is 2.16. The molecule has 0 aromatic carbocycles. The highest BCUT2D eigenvalue weighted by Gasteiger charge is 2.31. The van der Waals surface area contributed by atoms with Gasteiger partial charge in [-0.15, -0.1) is 0 Å². The second kappa shape index (κ2) is 6.78. The molecule has 2 atom stereocenters. The van der Waals surface area contributed by atoms with E-state index in [-0.39, 0.29) is 18.8 Å². The largest absolute Gasteiger partial charge is 0.481 e. The van der Waals surface area contributed by atoms with Crippen LogP contribution in [0.3, 0.4) is 0 Å². The summed E-state index contributed by atoms with van der Waals surface area (Å²) in [5.74, 6) is -1.09. The van der Waals surface area contributed by atoms with Gasteiger partial charge in [0.05, 0.1) is 5.92 Å². The number of rotatable bonds is 6. The normalized spacial score (nSPS) is 22.0. The maximum atomic E-state index is 12.0. The van der Waals surface area contributed by atoms with Crippen molar-refractivity contribution in [3.8, 4) is 0 Å². The molecule has 19 heavy (non-hydrogen) atoms. The molecular weight excluding hydrogens is 292 g/mol. The van der Waals surface area contributed by atoms with Gasteiger partial charge in [0.2, 0.25) is 0 Å². The lowest BCUT2D eigenvalue weighted by atomic mass is 9.99. The van der Waals surface area contributed by atoms with Crippen LogP contribution in [0, 0.1) is 5.92 Å². The Morgan fingerprint density at radius 3 is 2.42 bits per heavy atom. The zero-order valence-electron chi connectivity index (χ0n) is 11.0. The minimum absolute atomic E-state index is 0.203. The van der Waals surface area contributed by atoms with E-state index >= 15 is 0 Å². The van der Waals surface area contributed by atoms with Crippen molar-refractivity contribution in [2.24, 2.45) is 5.92 Å². The molecule has 0 spiro atoms. The van der Waals surface area contributed by atoms with Crippen LogP contribution in [0.2, 0.25) is 0 Å². The van der Waals surface area contributed by atoms with Crippen molar-refractivity contribution in [2.75, 3.05) is 25.1 Å². The topological polar surface area (TPSA) is 104 Å². The molecule has 0 radical (unpaired) electrons. The van der Waals surface area contributed by atoms with Crippen LogP contribution in [0.25, 0.3) is 0 Å². The van der Waals surface area contributed by atoms with Crippen molar-refractivity contribution in [2.45, 2.75) is 25.8 Å². The van der Waals surface area contributed by atoms with Gasteiger partial charge in [0.25, 0.3) is 10.2 Å². The van der Waals surface area contributed by atoms with Crippen molar-refractivity contribution in [1.29, 1.82) is 0 Å². The second-order valence-electron chi connectivity index (χ2n) is 4.78. The summed E-state index contributed by atoms with van der Waals surface area (Å²) in [6, 6.07) is -0.409. The average Bonchev–Trinajstić information content (AvgIpc) is 2.27. The number of hydrogen-bond donors (Lipinski definition) is 2. The van der Waals surface area contributed by atoms with E-state index in [1.54, 1.807) is 6.92 Å². The van der Waals surface area contributed by atoms with Gasteiger partial charge in [-0.3, -0.25) is 9.00 Å². The first kappa shape index (κ1) is 16.5. The molecule has 7 nitrogen and oxygen atoms in total. The van der Waals surface area contributed by atoms with Gasteiger partial charge in [0.1, 0.15) is 0 Å². The molecule has 1 aliphatic heterocycles. The predicted molar refractivity (Wildman–Crippen MR) is 72.4 cm³/mol. The van der Waals surface area contributed by atoms with Gasteiger partial charge in [0.15, 0.2) is 0 Å². The molecule has 0 saturated carbocycles. The summed E-state index contributed by atoms with van der Waals surface area (Å²) in [6.45, 7) is 2.06. The molecule has 0 bridgehead atoms. The highest BCUT2D eigenvalue weighted by atomic mass is 32.2. The molecule has 9 heteroatoms. The molecule has 1 fully saturated rings. The van der Waals surface area contributed by atoms with Crippen LogP contribution in [-0.4, -0.2) is 59.1 Å². The highest BCUT2D eigenvalue weighted by Crippen LogP contribution is 2.19. The Balaban J connectivity index is 2.55. The van der Waals surface area contributed by atoms with Crippen LogP contribution in [0.1, 0.15) is 19.8 Å². The van der Waals surface area contributed by atoms with Gasteiger partial charge in [-0.05, 0) is 19.8 Å². The number of aliphatic carboxylic acids is 1. The van der Waals surface area contributed by atoms with E-state index in [9.17, 15) is 17.4 Å². The molecule has 1 aliphatic rings. The standard InChI is InChI=1S/C10H20N2O5S2/c1-8(7-18(2)15)11-19(16,17)12-5-3-9(4-6-12)10(13)14/h8-9,11H,3-7H2,1-2H3,(H,13,14). The highest BCUT2D eigenvalue weighted by molar-refractivity contribution is 7.87. The SMILES string of the molecule is CC(CS(C)=O)NS(=O)(=O)N1CCC(C(=O)O)CC1. The van der Waals surface area contributed by atoms with Crippen LogP contribution >= 0.6 is 0 Å². The third-order valence-electron chi connectivity index (χ3n) is 2.98. The Morgan fingerprint density at radius 1 is 1.47 bits per heavy atom. The molecule has 0 aliphatic carbocycles. The second-order valence-corrected chi connectivity index (χ2v) is 7.96. The summed E-state index contributed by atoms with van der Waals surface area (Å²) < 4.78 is 38.8. The predicted octanol–water partition coefficient (Wildman–Crippen LogP) is -0.616. The van der Waals surface area contributed by atoms with Crippen molar-refractivity contribution in [1.82, 2.24) is 9.03 Å². The molecule has 1 rings (SSSR count). The smallest absolute Gasteiger partial charge is 0.306 e. The fourth-order valence-corrected chi connectivity index (χ4v) is 4.38. The van der Waals surface area contributed by atoms with E-state index in [4.69, 9.17) is 5.11 Å². The number of carbonyl (C=O) groups is 1. The Morgan fingerprint density at radius 2 is 2.00 bits per heavy atom. The molecular formula is C10H20N2O5S2. The third-order valence-corrected chi connectivity index (χ3v) is 5.69. The van der Waals surface area contributed by atoms with Gasteiger partial charge >= 0.3 is 5.97 Å². The summed E-state index contributed by atoms with van der Waals surface area (Å²) in [5, 5.41) is 8.85. The number of carboxylic acids is 1. The quantitative estimate of drug-likeness (QED) is 0.680. The van der Waals surface area contributed by atoms with Gasteiger partial charge < -0.3 is 5.11 Å². The van der Waals surface area contributed by atoms with Gasteiger partial charge in [-0.1, -0.05) is 0 Å². The molecule has 2 N–H and O–H groups in total. The molecule has 1 heterocycles. The maximum absolute atomic E-state index is 12.0. The molecule has 112 valence electrons. The van der Waals surface area contributed by atoms with E-state index < -0.39 is 38.9 Å². The summed E-state index contributed by atoms with van der Waals surface area (Å²) in [4.78, 5) is 10.8. The fraction of sp³-hybridized carbons (Fsp3) is 0.900. The Hall–Kier alpha value is -0.510. The number of piperidine rings is 1. The first-order valence-corrected chi connectivity index (χ1v) is 9.19. The van der Waals surface area contributed by atoms with E-state index in [1.165, 1.54) is 10.6 Å². The van der Waals surface area contributed by atoms with Crippen LogP contribution < -0.4 is 4.72 Å². The number of carboxylic acid groups (broad SMARTS) is 1. The lowest BCUT2D eigenvalue weighted by Gasteiger charge is -2.30. The fourth-order valence-electron chi connectivity index (χ4n) is 2.06.